The Bertz CT molecular complexity index is 1520. The highest BCUT2D eigenvalue weighted by Gasteiger charge is 2.31. The fourth-order valence-electron chi connectivity index (χ4n) is 4.80. The second-order valence-electron chi connectivity index (χ2n) is 8.99. The number of fused-ring (bicyclic) bond motifs is 1. The smallest absolute Gasteiger partial charge is 0.185 e. The fraction of sp³-hybridized carbons (Fsp3) is 0.147. The fourth-order valence-corrected chi connectivity index (χ4v) is 4.80. The molecule has 39 heavy (non-hydrogen) atoms. The zero-order chi connectivity index (χ0) is 27.2. The van der Waals surface area contributed by atoms with E-state index >= 15 is 0 Å². The zero-order valence-corrected chi connectivity index (χ0v) is 22.2. The van der Waals surface area contributed by atoms with Crippen LogP contribution < -0.4 is 18.9 Å². The number of ketones is 1. The van der Waals surface area contributed by atoms with Crippen LogP contribution in [0.2, 0.25) is 0 Å². The summed E-state index contributed by atoms with van der Waals surface area (Å²) in [6.07, 6.45) is 3.48. The Morgan fingerprint density at radius 3 is 2.28 bits per heavy atom. The van der Waals surface area contributed by atoms with Gasteiger partial charge >= 0.3 is 0 Å². The lowest BCUT2D eigenvalue weighted by Crippen LogP contribution is -2.16. The van der Waals surface area contributed by atoms with Gasteiger partial charge in [0.1, 0.15) is 17.3 Å². The number of ether oxygens (including phenoxy) is 4. The summed E-state index contributed by atoms with van der Waals surface area (Å²) in [5.74, 6) is 3.12. The second kappa shape index (κ2) is 11.7. The van der Waals surface area contributed by atoms with E-state index < -0.39 is 0 Å². The van der Waals surface area contributed by atoms with Crippen LogP contribution >= 0.6 is 0 Å². The molecule has 0 spiro atoms. The minimum Gasteiger partial charge on any atom is -0.494 e. The maximum atomic E-state index is 13.2. The minimum atomic E-state index is -0.149. The van der Waals surface area contributed by atoms with Gasteiger partial charge in [0.15, 0.2) is 17.3 Å². The largest absolute Gasteiger partial charge is 0.494 e. The van der Waals surface area contributed by atoms with Crippen molar-refractivity contribution in [3.05, 3.63) is 137 Å². The van der Waals surface area contributed by atoms with E-state index in [1.165, 1.54) is 0 Å². The second-order valence-corrected chi connectivity index (χ2v) is 8.99. The maximum absolute atomic E-state index is 13.2. The molecule has 0 N–H and O–H groups in total. The van der Waals surface area contributed by atoms with Crippen molar-refractivity contribution in [3.63, 3.8) is 0 Å². The van der Waals surface area contributed by atoms with Gasteiger partial charge in [-0.25, -0.2) is 0 Å². The van der Waals surface area contributed by atoms with Gasteiger partial charge in [0.05, 0.1) is 20.8 Å². The van der Waals surface area contributed by atoms with Gasteiger partial charge in [-0.15, -0.1) is 0 Å². The van der Waals surface area contributed by atoms with Gasteiger partial charge < -0.3 is 18.9 Å². The van der Waals surface area contributed by atoms with Gasteiger partial charge in [-0.3, -0.25) is 4.79 Å². The lowest BCUT2D eigenvalue weighted by atomic mass is 9.81. The van der Waals surface area contributed by atoms with E-state index in [9.17, 15) is 4.79 Å². The van der Waals surface area contributed by atoms with Crippen LogP contribution in [0.3, 0.4) is 0 Å². The summed E-state index contributed by atoms with van der Waals surface area (Å²) in [6, 6.07) is 31.1. The number of methoxy groups -OCH3 is 2. The van der Waals surface area contributed by atoms with Crippen molar-refractivity contribution in [2.45, 2.75) is 12.8 Å². The topological polar surface area (TPSA) is 54.0 Å². The molecule has 0 fully saturated rings. The third-order valence-electron chi connectivity index (χ3n) is 6.66. The van der Waals surface area contributed by atoms with Gasteiger partial charge in [-0.05, 0) is 67.1 Å². The third kappa shape index (κ3) is 5.43. The summed E-state index contributed by atoms with van der Waals surface area (Å²) in [5.41, 5.74) is 4.39. The van der Waals surface area contributed by atoms with E-state index in [0.717, 1.165) is 33.8 Å². The predicted octanol–water partition coefficient (Wildman–Crippen LogP) is 7.48. The first-order valence-electron chi connectivity index (χ1n) is 12.9. The minimum absolute atomic E-state index is 0.108. The Kier molecular flexibility index (Phi) is 7.78. The van der Waals surface area contributed by atoms with Crippen LogP contribution in [0, 0.1) is 0 Å². The van der Waals surface area contributed by atoms with E-state index in [4.69, 9.17) is 18.9 Å². The van der Waals surface area contributed by atoms with Crippen LogP contribution in [0.15, 0.2) is 115 Å². The maximum Gasteiger partial charge on any atom is 0.185 e. The monoisotopic (exact) mass is 518 g/mol. The molecule has 0 bridgehead atoms. The van der Waals surface area contributed by atoms with Gasteiger partial charge in [0.25, 0.3) is 0 Å². The van der Waals surface area contributed by atoms with Crippen LogP contribution in [-0.4, -0.2) is 26.6 Å². The first-order chi connectivity index (χ1) is 19.1. The van der Waals surface area contributed by atoms with E-state index in [0.29, 0.717) is 29.4 Å². The van der Waals surface area contributed by atoms with Gasteiger partial charge in [0.2, 0.25) is 0 Å². The first kappa shape index (κ1) is 25.9. The number of rotatable bonds is 9. The van der Waals surface area contributed by atoms with Crippen LogP contribution in [-0.2, 0) is 0 Å². The Morgan fingerprint density at radius 1 is 0.846 bits per heavy atom. The molecule has 4 aromatic carbocycles. The Labute approximate surface area is 228 Å². The van der Waals surface area contributed by atoms with E-state index in [1.807, 2.05) is 79.7 Å². The molecule has 4 aromatic rings. The van der Waals surface area contributed by atoms with Crippen molar-refractivity contribution in [1.82, 2.24) is 0 Å². The molecule has 5 heteroatoms. The standard InChI is InChI=1S/C34H30O5/c1-4-38-26-17-14-23(15-18-26)29(35)20-19-28-33(24-10-6-5-7-11-24)27-12-8-9-13-30(27)39-34(28)25-16-21-31(36-2)32(22-25)37-3/h5-22,33H,4H2,1-3H3/b20-19-/t33-/m0/s1. The van der Waals surface area contributed by atoms with E-state index in [2.05, 4.69) is 18.2 Å². The molecule has 1 aliphatic rings. The number of hydrogen-bond acceptors (Lipinski definition) is 5. The van der Waals surface area contributed by atoms with Crippen LogP contribution in [0.5, 0.6) is 23.0 Å². The molecule has 0 radical (unpaired) electrons. The average molecular weight is 519 g/mol. The highest BCUT2D eigenvalue weighted by Crippen LogP contribution is 2.47. The third-order valence-corrected chi connectivity index (χ3v) is 6.66. The molecule has 1 atom stereocenters. The van der Waals surface area contributed by atoms with Crippen molar-refractivity contribution in [2.75, 3.05) is 20.8 Å². The first-order valence-corrected chi connectivity index (χ1v) is 12.9. The summed E-state index contributed by atoms with van der Waals surface area (Å²) in [4.78, 5) is 13.2. The molecule has 0 saturated carbocycles. The lowest BCUT2D eigenvalue weighted by Gasteiger charge is -2.30. The summed E-state index contributed by atoms with van der Waals surface area (Å²) < 4.78 is 23.1. The molecular weight excluding hydrogens is 488 g/mol. The zero-order valence-electron chi connectivity index (χ0n) is 22.2. The number of carbonyl (C=O) groups excluding carboxylic acids is 1. The Balaban J connectivity index is 1.65. The predicted molar refractivity (Wildman–Crippen MR) is 153 cm³/mol. The van der Waals surface area contributed by atoms with Crippen molar-refractivity contribution < 1.29 is 23.7 Å². The molecule has 196 valence electrons. The number of hydrogen-bond donors (Lipinski definition) is 0. The summed E-state index contributed by atoms with van der Waals surface area (Å²) in [7, 11) is 3.21. The van der Waals surface area contributed by atoms with Gasteiger partial charge in [0, 0.05) is 28.2 Å². The highest BCUT2D eigenvalue weighted by atomic mass is 16.5. The molecule has 1 heterocycles. The summed E-state index contributed by atoms with van der Waals surface area (Å²) >= 11 is 0. The molecule has 0 unspecified atom stereocenters. The van der Waals surface area contributed by atoms with Crippen LogP contribution in [0.25, 0.3) is 5.76 Å². The number of carbonyl (C=O) groups is 1. The van der Waals surface area contributed by atoms with Crippen molar-refractivity contribution >= 4 is 11.5 Å². The lowest BCUT2D eigenvalue weighted by molar-refractivity contribution is 0.104. The van der Waals surface area contributed by atoms with Gasteiger partial charge in [-0.1, -0.05) is 54.6 Å². The van der Waals surface area contributed by atoms with Crippen molar-refractivity contribution in [2.24, 2.45) is 0 Å². The van der Waals surface area contributed by atoms with Crippen LogP contribution in [0.4, 0.5) is 0 Å². The van der Waals surface area contributed by atoms with E-state index in [-0.39, 0.29) is 11.7 Å². The van der Waals surface area contributed by atoms with Crippen molar-refractivity contribution in [3.8, 4) is 23.0 Å². The molecule has 0 amide bonds. The Hall–Kier alpha value is -4.77. The number of para-hydroxylation sites is 1. The molecule has 0 saturated heterocycles. The molecule has 1 aliphatic heterocycles. The quantitative estimate of drug-likeness (QED) is 0.170. The molecule has 5 nitrogen and oxygen atoms in total. The Morgan fingerprint density at radius 2 is 1.56 bits per heavy atom. The normalized spacial score (nSPS) is 14.5. The average Bonchev–Trinajstić information content (AvgIpc) is 2.99. The van der Waals surface area contributed by atoms with Crippen LogP contribution in [0.1, 0.15) is 39.9 Å². The number of benzene rings is 4. The molecule has 5 rings (SSSR count). The number of allylic oxidation sites excluding steroid dienone is 3. The SMILES string of the molecule is CCOc1ccc(C(=O)/C=C\C2=C(c3ccc(OC)c(OC)c3)Oc3ccccc3[C@@H]2c2ccccc2)cc1. The van der Waals surface area contributed by atoms with E-state index in [1.54, 1.807) is 32.4 Å². The molecule has 0 aliphatic carbocycles. The van der Waals surface area contributed by atoms with Crippen molar-refractivity contribution in [1.29, 1.82) is 0 Å². The molecular formula is C34H30O5. The van der Waals surface area contributed by atoms with Gasteiger partial charge in [-0.2, -0.15) is 0 Å². The molecule has 0 aromatic heterocycles. The summed E-state index contributed by atoms with van der Waals surface area (Å²) in [5, 5.41) is 0. The highest BCUT2D eigenvalue weighted by molar-refractivity contribution is 6.05. The summed E-state index contributed by atoms with van der Waals surface area (Å²) in [6.45, 7) is 2.50.